The SMILES string of the molecule is CC(C)CN1CCC[C@H](c2ccnc(N)n2)C1. The third kappa shape index (κ3) is 3.40. The molecule has 2 N–H and O–H groups in total. The molecular formula is C13H22N4. The van der Waals surface area contributed by atoms with E-state index in [0.29, 0.717) is 11.9 Å². The molecule has 0 spiro atoms. The molecule has 0 saturated carbocycles. The van der Waals surface area contributed by atoms with Gasteiger partial charge in [0.15, 0.2) is 0 Å². The van der Waals surface area contributed by atoms with E-state index < -0.39 is 0 Å². The number of hydrogen-bond donors (Lipinski definition) is 1. The number of aromatic nitrogens is 2. The van der Waals surface area contributed by atoms with Gasteiger partial charge in [-0.15, -0.1) is 0 Å². The van der Waals surface area contributed by atoms with Crippen LogP contribution in [0.25, 0.3) is 0 Å². The van der Waals surface area contributed by atoms with E-state index in [1.54, 1.807) is 6.20 Å². The van der Waals surface area contributed by atoms with Gasteiger partial charge in [0.25, 0.3) is 0 Å². The normalized spacial score (nSPS) is 21.9. The van der Waals surface area contributed by atoms with E-state index in [9.17, 15) is 0 Å². The second-order valence-electron chi connectivity index (χ2n) is 5.33. The Bertz CT molecular complexity index is 364. The van der Waals surface area contributed by atoms with Crippen LogP contribution in [-0.2, 0) is 0 Å². The fourth-order valence-electron chi connectivity index (χ4n) is 2.59. The quantitative estimate of drug-likeness (QED) is 0.867. The molecule has 0 bridgehead atoms. The van der Waals surface area contributed by atoms with Crippen molar-refractivity contribution in [1.82, 2.24) is 14.9 Å². The van der Waals surface area contributed by atoms with Crippen LogP contribution in [0.2, 0.25) is 0 Å². The van der Waals surface area contributed by atoms with Crippen molar-refractivity contribution in [3.05, 3.63) is 18.0 Å². The second kappa shape index (κ2) is 5.45. The van der Waals surface area contributed by atoms with Crippen LogP contribution < -0.4 is 5.73 Å². The van der Waals surface area contributed by atoms with Gasteiger partial charge in [-0.2, -0.15) is 0 Å². The van der Waals surface area contributed by atoms with E-state index in [1.807, 2.05) is 6.07 Å². The highest BCUT2D eigenvalue weighted by atomic mass is 15.1. The summed E-state index contributed by atoms with van der Waals surface area (Å²) in [6.07, 6.45) is 4.23. The minimum absolute atomic E-state index is 0.392. The van der Waals surface area contributed by atoms with Crippen LogP contribution in [0.1, 0.15) is 38.3 Å². The second-order valence-corrected chi connectivity index (χ2v) is 5.33. The molecule has 4 heteroatoms. The maximum atomic E-state index is 5.64. The molecule has 0 radical (unpaired) electrons. The minimum atomic E-state index is 0.392. The van der Waals surface area contributed by atoms with Crippen molar-refractivity contribution < 1.29 is 0 Å². The lowest BCUT2D eigenvalue weighted by Crippen LogP contribution is -2.37. The van der Waals surface area contributed by atoms with Crippen molar-refractivity contribution >= 4 is 5.95 Å². The molecule has 0 amide bonds. The molecule has 17 heavy (non-hydrogen) atoms. The van der Waals surface area contributed by atoms with Gasteiger partial charge in [0, 0.05) is 25.2 Å². The molecule has 1 aromatic heterocycles. The predicted molar refractivity (Wildman–Crippen MR) is 69.7 cm³/mol. The average molecular weight is 234 g/mol. The fourth-order valence-corrected chi connectivity index (χ4v) is 2.59. The standard InChI is InChI=1S/C13H22N4/c1-10(2)8-17-7-3-4-11(9-17)12-5-6-15-13(14)16-12/h5-6,10-11H,3-4,7-9H2,1-2H3,(H2,14,15,16)/t11-/m0/s1. The number of nitrogen functional groups attached to an aromatic ring is 1. The molecule has 2 rings (SSSR count). The molecule has 1 saturated heterocycles. The summed E-state index contributed by atoms with van der Waals surface area (Å²) in [5, 5.41) is 0. The summed E-state index contributed by atoms with van der Waals surface area (Å²) >= 11 is 0. The molecular weight excluding hydrogens is 212 g/mol. The zero-order chi connectivity index (χ0) is 12.3. The number of piperidine rings is 1. The number of nitrogens with zero attached hydrogens (tertiary/aromatic N) is 3. The highest BCUT2D eigenvalue weighted by Crippen LogP contribution is 2.25. The zero-order valence-corrected chi connectivity index (χ0v) is 10.8. The number of likely N-dealkylation sites (tertiary alicyclic amines) is 1. The zero-order valence-electron chi connectivity index (χ0n) is 10.8. The van der Waals surface area contributed by atoms with Crippen molar-refractivity contribution in [3.8, 4) is 0 Å². The predicted octanol–water partition coefficient (Wildman–Crippen LogP) is 1.89. The molecule has 4 nitrogen and oxygen atoms in total. The summed E-state index contributed by atoms with van der Waals surface area (Å²) in [5.41, 5.74) is 6.75. The van der Waals surface area contributed by atoms with Crippen molar-refractivity contribution in [1.29, 1.82) is 0 Å². The maximum absolute atomic E-state index is 5.64. The summed E-state index contributed by atoms with van der Waals surface area (Å²) in [6, 6.07) is 2.00. The van der Waals surface area contributed by atoms with Crippen molar-refractivity contribution in [2.45, 2.75) is 32.6 Å². The summed E-state index contributed by atoms with van der Waals surface area (Å²) in [7, 11) is 0. The highest BCUT2D eigenvalue weighted by Gasteiger charge is 2.22. The molecule has 1 aliphatic heterocycles. The molecule has 0 unspecified atom stereocenters. The van der Waals surface area contributed by atoms with Crippen LogP contribution in [0.4, 0.5) is 5.95 Å². The number of hydrogen-bond acceptors (Lipinski definition) is 4. The van der Waals surface area contributed by atoms with E-state index in [4.69, 9.17) is 5.73 Å². The lowest BCUT2D eigenvalue weighted by atomic mass is 9.94. The largest absolute Gasteiger partial charge is 0.368 e. The molecule has 1 atom stereocenters. The number of rotatable bonds is 3. The monoisotopic (exact) mass is 234 g/mol. The summed E-state index contributed by atoms with van der Waals surface area (Å²) in [5.74, 6) is 1.64. The van der Waals surface area contributed by atoms with E-state index in [1.165, 1.54) is 25.9 Å². The first kappa shape index (κ1) is 12.3. The van der Waals surface area contributed by atoms with Gasteiger partial charge in [-0.3, -0.25) is 0 Å². The maximum Gasteiger partial charge on any atom is 0.220 e. The van der Waals surface area contributed by atoms with Gasteiger partial charge in [-0.1, -0.05) is 13.8 Å². The Morgan fingerprint density at radius 1 is 1.53 bits per heavy atom. The van der Waals surface area contributed by atoms with Crippen LogP contribution >= 0.6 is 0 Å². The van der Waals surface area contributed by atoms with Gasteiger partial charge in [-0.05, 0) is 31.4 Å². The van der Waals surface area contributed by atoms with Crippen molar-refractivity contribution in [2.24, 2.45) is 5.92 Å². The highest BCUT2D eigenvalue weighted by molar-refractivity contribution is 5.20. The fraction of sp³-hybridized carbons (Fsp3) is 0.692. The number of anilines is 1. The Balaban J connectivity index is 2.02. The molecule has 94 valence electrons. The Labute approximate surface area is 103 Å². The Morgan fingerprint density at radius 2 is 2.35 bits per heavy atom. The average Bonchev–Trinajstić information content (AvgIpc) is 2.28. The van der Waals surface area contributed by atoms with Crippen LogP contribution in [0.5, 0.6) is 0 Å². The van der Waals surface area contributed by atoms with Crippen LogP contribution in [0, 0.1) is 5.92 Å². The van der Waals surface area contributed by atoms with Crippen molar-refractivity contribution in [2.75, 3.05) is 25.4 Å². The van der Waals surface area contributed by atoms with Gasteiger partial charge in [0.1, 0.15) is 0 Å². The first-order chi connectivity index (χ1) is 8.15. The van der Waals surface area contributed by atoms with Crippen LogP contribution in [0.3, 0.4) is 0 Å². The molecule has 1 aromatic rings. The molecule has 2 heterocycles. The Kier molecular flexibility index (Phi) is 3.94. The minimum Gasteiger partial charge on any atom is -0.368 e. The van der Waals surface area contributed by atoms with Gasteiger partial charge in [0.2, 0.25) is 5.95 Å². The van der Waals surface area contributed by atoms with E-state index in [2.05, 4.69) is 28.7 Å². The number of nitrogens with two attached hydrogens (primary N) is 1. The van der Waals surface area contributed by atoms with Crippen LogP contribution in [-0.4, -0.2) is 34.5 Å². The van der Waals surface area contributed by atoms with Crippen LogP contribution in [0.15, 0.2) is 12.3 Å². The first-order valence-corrected chi connectivity index (χ1v) is 6.46. The third-order valence-corrected chi connectivity index (χ3v) is 3.24. The third-order valence-electron chi connectivity index (χ3n) is 3.24. The van der Waals surface area contributed by atoms with Gasteiger partial charge < -0.3 is 10.6 Å². The Morgan fingerprint density at radius 3 is 3.06 bits per heavy atom. The lowest BCUT2D eigenvalue weighted by Gasteiger charge is -2.33. The van der Waals surface area contributed by atoms with Gasteiger partial charge >= 0.3 is 0 Å². The molecule has 0 aromatic carbocycles. The van der Waals surface area contributed by atoms with Crippen molar-refractivity contribution in [3.63, 3.8) is 0 Å². The van der Waals surface area contributed by atoms with E-state index >= 15 is 0 Å². The summed E-state index contributed by atoms with van der Waals surface area (Å²) in [6.45, 7) is 8.04. The molecule has 1 fully saturated rings. The summed E-state index contributed by atoms with van der Waals surface area (Å²) in [4.78, 5) is 10.8. The summed E-state index contributed by atoms with van der Waals surface area (Å²) < 4.78 is 0. The first-order valence-electron chi connectivity index (χ1n) is 6.46. The molecule has 1 aliphatic rings. The Hall–Kier alpha value is -1.16. The van der Waals surface area contributed by atoms with Gasteiger partial charge in [0.05, 0.1) is 5.69 Å². The van der Waals surface area contributed by atoms with Gasteiger partial charge in [-0.25, -0.2) is 9.97 Å². The smallest absolute Gasteiger partial charge is 0.220 e. The topological polar surface area (TPSA) is 55.0 Å². The van der Waals surface area contributed by atoms with E-state index in [-0.39, 0.29) is 0 Å². The molecule has 0 aliphatic carbocycles. The van der Waals surface area contributed by atoms with E-state index in [0.717, 1.165) is 18.2 Å². The lowest BCUT2D eigenvalue weighted by molar-refractivity contribution is 0.186.